The van der Waals surface area contributed by atoms with Gasteiger partial charge in [0.2, 0.25) is 0 Å². The zero-order valence-electron chi connectivity index (χ0n) is 15.3. The molecule has 4 rings (SSSR count). The number of fused-ring (bicyclic) bond motifs is 2. The first-order valence-corrected chi connectivity index (χ1v) is 10.4. The molecule has 2 aromatic heterocycles. The molecule has 4 nitrogen and oxygen atoms in total. The Balaban J connectivity index is 1.56. The van der Waals surface area contributed by atoms with Gasteiger partial charge in [-0.2, -0.15) is 0 Å². The first-order chi connectivity index (χ1) is 12.5. The SMILES string of the molecule is Cc1cccc(CN2CC[C@]3(C[C@@H]2C)OCCc2c3sc(Cl)c2CO)n1. The third-order valence-electron chi connectivity index (χ3n) is 5.73. The van der Waals surface area contributed by atoms with Crippen LogP contribution in [-0.4, -0.2) is 34.2 Å². The van der Waals surface area contributed by atoms with E-state index in [0.717, 1.165) is 53.6 Å². The first kappa shape index (κ1) is 18.4. The zero-order valence-corrected chi connectivity index (χ0v) is 16.9. The third kappa shape index (κ3) is 3.20. The molecule has 2 aromatic rings. The maximum absolute atomic E-state index is 9.70. The van der Waals surface area contributed by atoms with E-state index in [1.807, 2.05) is 13.0 Å². The maximum atomic E-state index is 9.70. The molecule has 0 bridgehead atoms. The highest BCUT2D eigenvalue weighted by molar-refractivity contribution is 7.16. The highest BCUT2D eigenvalue weighted by Gasteiger charge is 2.45. The van der Waals surface area contributed by atoms with Gasteiger partial charge in [0.1, 0.15) is 5.60 Å². The molecule has 1 spiro atoms. The first-order valence-electron chi connectivity index (χ1n) is 9.24. The molecule has 1 saturated heterocycles. The number of thiophene rings is 1. The lowest BCUT2D eigenvalue weighted by Gasteiger charge is -2.47. The van der Waals surface area contributed by atoms with Gasteiger partial charge >= 0.3 is 0 Å². The predicted octanol–water partition coefficient (Wildman–Crippen LogP) is 4.05. The highest BCUT2D eigenvalue weighted by atomic mass is 35.5. The smallest absolute Gasteiger partial charge is 0.105 e. The summed E-state index contributed by atoms with van der Waals surface area (Å²) in [6.45, 7) is 6.88. The van der Waals surface area contributed by atoms with Crippen molar-refractivity contribution < 1.29 is 9.84 Å². The van der Waals surface area contributed by atoms with Crippen molar-refractivity contribution in [3.05, 3.63) is 49.9 Å². The largest absolute Gasteiger partial charge is 0.392 e. The van der Waals surface area contributed by atoms with E-state index in [4.69, 9.17) is 16.3 Å². The average Bonchev–Trinajstić information content (AvgIpc) is 2.95. The van der Waals surface area contributed by atoms with Crippen molar-refractivity contribution in [2.24, 2.45) is 0 Å². The van der Waals surface area contributed by atoms with Crippen LogP contribution in [0.2, 0.25) is 4.34 Å². The van der Waals surface area contributed by atoms with Gasteiger partial charge in [-0.05, 0) is 50.8 Å². The summed E-state index contributed by atoms with van der Waals surface area (Å²) in [5.74, 6) is 0. The molecule has 2 aliphatic heterocycles. The molecule has 0 saturated carbocycles. The van der Waals surface area contributed by atoms with E-state index in [1.165, 1.54) is 10.4 Å². The number of hydrogen-bond donors (Lipinski definition) is 1. The van der Waals surface area contributed by atoms with Crippen molar-refractivity contribution in [1.82, 2.24) is 9.88 Å². The summed E-state index contributed by atoms with van der Waals surface area (Å²) in [5.41, 5.74) is 4.09. The number of likely N-dealkylation sites (tertiary alicyclic amines) is 1. The van der Waals surface area contributed by atoms with Crippen LogP contribution in [0, 0.1) is 6.92 Å². The molecule has 1 fully saturated rings. The minimum Gasteiger partial charge on any atom is -0.392 e. The van der Waals surface area contributed by atoms with E-state index in [1.54, 1.807) is 11.3 Å². The Hall–Kier alpha value is -0.980. The lowest BCUT2D eigenvalue weighted by Crippen LogP contribution is -2.50. The Bertz CT molecular complexity index is 809. The van der Waals surface area contributed by atoms with E-state index in [0.29, 0.717) is 12.6 Å². The topological polar surface area (TPSA) is 45.6 Å². The van der Waals surface area contributed by atoms with Crippen LogP contribution in [0.15, 0.2) is 18.2 Å². The number of halogens is 1. The van der Waals surface area contributed by atoms with Gasteiger partial charge < -0.3 is 9.84 Å². The minimum atomic E-state index is -0.245. The monoisotopic (exact) mass is 392 g/mol. The van der Waals surface area contributed by atoms with Crippen molar-refractivity contribution >= 4 is 22.9 Å². The van der Waals surface area contributed by atoms with Crippen molar-refractivity contribution in [1.29, 1.82) is 0 Å². The van der Waals surface area contributed by atoms with Gasteiger partial charge in [0.25, 0.3) is 0 Å². The van der Waals surface area contributed by atoms with Crippen LogP contribution in [0.1, 0.15) is 47.2 Å². The minimum absolute atomic E-state index is 0.0153. The van der Waals surface area contributed by atoms with Gasteiger partial charge in [-0.1, -0.05) is 17.7 Å². The van der Waals surface area contributed by atoms with Gasteiger partial charge in [-0.3, -0.25) is 9.88 Å². The van der Waals surface area contributed by atoms with Gasteiger partial charge in [0, 0.05) is 35.3 Å². The molecular weight excluding hydrogens is 368 g/mol. The Morgan fingerprint density at radius 2 is 2.31 bits per heavy atom. The Labute approximate surface area is 163 Å². The Morgan fingerprint density at radius 1 is 1.46 bits per heavy atom. The number of piperidine rings is 1. The van der Waals surface area contributed by atoms with E-state index in [9.17, 15) is 5.11 Å². The second-order valence-electron chi connectivity index (χ2n) is 7.46. The van der Waals surface area contributed by atoms with Gasteiger partial charge in [-0.15, -0.1) is 11.3 Å². The molecule has 2 aliphatic rings. The van der Waals surface area contributed by atoms with Crippen LogP contribution in [0.4, 0.5) is 0 Å². The van der Waals surface area contributed by atoms with Crippen molar-refractivity contribution in [3.8, 4) is 0 Å². The molecule has 0 radical (unpaired) electrons. The summed E-state index contributed by atoms with van der Waals surface area (Å²) in [6.07, 6.45) is 2.76. The van der Waals surface area contributed by atoms with Crippen molar-refractivity contribution in [3.63, 3.8) is 0 Å². The van der Waals surface area contributed by atoms with Crippen LogP contribution in [0.25, 0.3) is 0 Å². The number of nitrogens with zero attached hydrogens (tertiary/aromatic N) is 2. The summed E-state index contributed by atoms with van der Waals surface area (Å²) in [6, 6.07) is 6.62. The molecule has 0 amide bonds. The van der Waals surface area contributed by atoms with E-state index in [-0.39, 0.29) is 12.2 Å². The quantitative estimate of drug-likeness (QED) is 0.855. The van der Waals surface area contributed by atoms with E-state index >= 15 is 0 Å². The highest BCUT2D eigenvalue weighted by Crippen LogP contribution is 2.49. The van der Waals surface area contributed by atoms with Crippen molar-refractivity contribution in [2.75, 3.05) is 13.2 Å². The summed E-state index contributed by atoms with van der Waals surface area (Å²) in [7, 11) is 0. The zero-order chi connectivity index (χ0) is 18.3. The van der Waals surface area contributed by atoms with Crippen LogP contribution < -0.4 is 0 Å². The molecule has 4 heterocycles. The van der Waals surface area contributed by atoms with Gasteiger partial charge in [-0.25, -0.2) is 0 Å². The van der Waals surface area contributed by atoms with Gasteiger partial charge in [0.05, 0.1) is 23.2 Å². The molecule has 140 valence electrons. The molecule has 2 atom stereocenters. The third-order valence-corrected chi connectivity index (χ3v) is 7.44. The fraction of sp³-hybridized carbons (Fsp3) is 0.550. The normalized spacial score (nSPS) is 26.2. The molecule has 0 aromatic carbocycles. The summed E-state index contributed by atoms with van der Waals surface area (Å²) >= 11 is 8.01. The number of aromatic nitrogens is 1. The molecule has 0 aliphatic carbocycles. The average molecular weight is 393 g/mol. The number of rotatable bonds is 3. The maximum Gasteiger partial charge on any atom is 0.105 e. The number of aliphatic hydroxyl groups excluding tert-OH is 1. The second kappa shape index (κ2) is 7.21. The van der Waals surface area contributed by atoms with E-state index < -0.39 is 0 Å². The molecule has 1 N–H and O–H groups in total. The predicted molar refractivity (Wildman–Crippen MR) is 105 cm³/mol. The van der Waals surface area contributed by atoms with Gasteiger partial charge in [0.15, 0.2) is 0 Å². The lowest BCUT2D eigenvalue weighted by molar-refractivity contribution is -0.110. The number of ether oxygens (including phenoxy) is 1. The van der Waals surface area contributed by atoms with Crippen LogP contribution in [0.3, 0.4) is 0 Å². The molecular formula is C20H25ClN2O2S. The lowest BCUT2D eigenvalue weighted by atomic mass is 9.81. The standard InChI is InChI=1S/C20H25ClN2O2S/c1-13-4-3-5-15(22-13)11-23-8-7-20(10-14(23)2)18-16(6-9-25-20)17(12-24)19(21)26-18/h3-5,14,24H,6-12H2,1-2H3/t14-,20+/m0/s1. The van der Waals surface area contributed by atoms with Crippen LogP contribution in [0.5, 0.6) is 0 Å². The summed E-state index contributed by atoms with van der Waals surface area (Å²) in [5, 5.41) is 9.70. The number of hydrogen-bond acceptors (Lipinski definition) is 5. The Kier molecular flexibility index (Phi) is 5.10. The molecule has 26 heavy (non-hydrogen) atoms. The second-order valence-corrected chi connectivity index (χ2v) is 9.08. The van der Waals surface area contributed by atoms with Crippen LogP contribution in [-0.2, 0) is 29.9 Å². The number of aryl methyl sites for hydroxylation is 1. The fourth-order valence-corrected chi connectivity index (χ4v) is 6.07. The molecule has 0 unspecified atom stereocenters. The Morgan fingerprint density at radius 3 is 3.04 bits per heavy atom. The summed E-state index contributed by atoms with van der Waals surface area (Å²) < 4.78 is 7.09. The van der Waals surface area contributed by atoms with E-state index in [2.05, 4.69) is 28.9 Å². The number of pyridine rings is 1. The molecule has 6 heteroatoms. The van der Waals surface area contributed by atoms with Crippen molar-refractivity contribution in [2.45, 2.75) is 57.9 Å². The summed E-state index contributed by atoms with van der Waals surface area (Å²) in [4.78, 5) is 8.39. The number of aliphatic hydroxyl groups is 1. The van der Waals surface area contributed by atoms with Crippen LogP contribution >= 0.6 is 22.9 Å². The fourth-order valence-electron chi connectivity index (χ4n) is 4.39.